The largest absolute Gasteiger partial charge is 0.480 e. The third-order valence-corrected chi connectivity index (χ3v) is 3.49. The second-order valence-electron chi connectivity index (χ2n) is 3.32. The van der Waals surface area contributed by atoms with Crippen LogP contribution in [0.5, 0.6) is 0 Å². The van der Waals surface area contributed by atoms with Crippen molar-refractivity contribution in [3.8, 4) is 0 Å². The smallest absolute Gasteiger partial charge is 0.316 e. The normalized spacial score (nSPS) is 12.5. The quantitative estimate of drug-likeness (QED) is 0.779. The molecular weight excluding hydrogens is 196 g/mol. The molecule has 0 aliphatic rings. The maximum atomic E-state index is 10.7. The summed E-state index contributed by atoms with van der Waals surface area (Å²) in [5.74, 6) is -0.766. The number of benzene rings is 1. The highest BCUT2D eigenvalue weighted by Crippen LogP contribution is 2.29. The molecule has 1 atom stereocenters. The number of rotatable bonds is 3. The van der Waals surface area contributed by atoms with Gasteiger partial charge >= 0.3 is 5.97 Å². The SMILES string of the molecule is Cc1cccc(C)c1SC(C)C(=O)O. The maximum absolute atomic E-state index is 10.7. The lowest BCUT2D eigenvalue weighted by Crippen LogP contribution is -2.11. The van der Waals surface area contributed by atoms with Crippen molar-refractivity contribution in [1.29, 1.82) is 0 Å². The number of thioether (sulfide) groups is 1. The predicted octanol–water partition coefficient (Wildman–Crippen LogP) is 2.87. The molecule has 1 unspecified atom stereocenters. The van der Waals surface area contributed by atoms with Gasteiger partial charge in [-0.2, -0.15) is 0 Å². The van der Waals surface area contributed by atoms with Gasteiger partial charge in [-0.15, -0.1) is 11.8 Å². The van der Waals surface area contributed by atoms with Gasteiger partial charge in [0.05, 0.1) is 0 Å². The van der Waals surface area contributed by atoms with E-state index in [-0.39, 0.29) is 0 Å². The molecule has 0 heterocycles. The van der Waals surface area contributed by atoms with Crippen LogP contribution in [0.4, 0.5) is 0 Å². The van der Waals surface area contributed by atoms with Crippen LogP contribution in [-0.4, -0.2) is 16.3 Å². The van der Waals surface area contributed by atoms with Crippen LogP contribution in [0.2, 0.25) is 0 Å². The molecule has 0 fully saturated rings. The monoisotopic (exact) mass is 210 g/mol. The molecule has 0 aliphatic carbocycles. The lowest BCUT2D eigenvalue weighted by Gasteiger charge is -2.11. The molecule has 0 spiro atoms. The van der Waals surface area contributed by atoms with Gasteiger partial charge in [0, 0.05) is 4.90 Å². The van der Waals surface area contributed by atoms with Crippen molar-refractivity contribution in [1.82, 2.24) is 0 Å². The predicted molar refractivity (Wildman–Crippen MR) is 58.9 cm³/mol. The van der Waals surface area contributed by atoms with Crippen molar-refractivity contribution in [2.75, 3.05) is 0 Å². The van der Waals surface area contributed by atoms with Crippen molar-refractivity contribution < 1.29 is 9.90 Å². The van der Waals surface area contributed by atoms with Crippen LogP contribution >= 0.6 is 11.8 Å². The van der Waals surface area contributed by atoms with Crippen LogP contribution in [0.1, 0.15) is 18.1 Å². The molecule has 0 saturated carbocycles. The third kappa shape index (κ3) is 2.51. The average Bonchev–Trinajstić information content (AvgIpc) is 2.11. The van der Waals surface area contributed by atoms with E-state index in [1.165, 1.54) is 11.8 Å². The van der Waals surface area contributed by atoms with Gasteiger partial charge in [0.1, 0.15) is 5.25 Å². The summed E-state index contributed by atoms with van der Waals surface area (Å²) in [5.41, 5.74) is 2.28. The van der Waals surface area contributed by atoms with Crippen LogP contribution < -0.4 is 0 Å². The highest BCUT2D eigenvalue weighted by Gasteiger charge is 2.14. The highest BCUT2D eigenvalue weighted by molar-refractivity contribution is 8.00. The number of carboxylic acid groups (broad SMARTS) is 1. The molecule has 14 heavy (non-hydrogen) atoms. The zero-order chi connectivity index (χ0) is 10.7. The minimum atomic E-state index is -0.766. The first-order chi connectivity index (χ1) is 6.52. The van der Waals surface area contributed by atoms with Crippen molar-refractivity contribution in [3.63, 3.8) is 0 Å². The topological polar surface area (TPSA) is 37.3 Å². The van der Waals surface area contributed by atoms with Crippen LogP contribution in [0.3, 0.4) is 0 Å². The number of carbonyl (C=O) groups is 1. The van der Waals surface area contributed by atoms with E-state index in [9.17, 15) is 4.79 Å². The molecule has 0 aliphatic heterocycles. The van der Waals surface area contributed by atoms with Crippen LogP contribution in [0, 0.1) is 13.8 Å². The summed E-state index contributed by atoms with van der Waals surface area (Å²) >= 11 is 1.41. The van der Waals surface area contributed by atoms with Crippen molar-refractivity contribution in [2.45, 2.75) is 30.9 Å². The van der Waals surface area contributed by atoms with Gasteiger partial charge in [0.15, 0.2) is 0 Å². The van der Waals surface area contributed by atoms with Crippen LogP contribution in [0.15, 0.2) is 23.1 Å². The van der Waals surface area contributed by atoms with E-state index >= 15 is 0 Å². The Balaban J connectivity index is 2.91. The second kappa shape index (κ2) is 4.51. The molecular formula is C11H14O2S. The van der Waals surface area contributed by atoms with Crippen LogP contribution in [-0.2, 0) is 4.79 Å². The molecule has 1 rings (SSSR count). The fraction of sp³-hybridized carbons (Fsp3) is 0.364. The van der Waals surface area contributed by atoms with E-state index in [0.717, 1.165) is 16.0 Å². The molecule has 1 aromatic rings. The molecule has 0 aromatic heterocycles. The van der Waals surface area contributed by atoms with E-state index in [1.807, 2.05) is 32.0 Å². The van der Waals surface area contributed by atoms with Gasteiger partial charge in [0.2, 0.25) is 0 Å². The zero-order valence-corrected chi connectivity index (χ0v) is 9.39. The van der Waals surface area contributed by atoms with Gasteiger partial charge in [-0.1, -0.05) is 18.2 Å². The van der Waals surface area contributed by atoms with Gasteiger partial charge < -0.3 is 5.11 Å². The van der Waals surface area contributed by atoms with Gasteiger partial charge in [0.25, 0.3) is 0 Å². The molecule has 3 heteroatoms. The standard InChI is InChI=1S/C11H14O2S/c1-7-5-4-6-8(2)10(7)14-9(3)11(12)13/h4-6,9H,1-3H3,(H,12,13). The summed E-state index contributed by atoms with van der Waals surface area (Å²) in [6.45, 7) is 5.71. The fourth-order valence-electron chi connectivity index (χ4n) is 1.21. The Morgan fingerprint density at radius 2 is 1.86 bits per heavy atom. The summed E-state index contributed by atoms with van der Waals surface area (Å²) in [6.07, 6.45) is 0. The number of hydrogen-bond donors (Lipinski definition) is 1. The molecule has 1 aromatic carbocycles. The average molecular weight is 210 g/mol. The van der Waals surface area contributed by atoms with E-state index < -0.39 is 11.2 Å². The van der Waals surface area contributed by atoms with Crippen molar-refractivity contribution >= 4 is 17.7 Å². The van der Waals surface area contributed by atoms with Gasteiger partial charge in [-0.3, -0.25) is 4.79 Å². The van der Waals surface area contributed by atoms with Gasteiger partial charge in [-0.05, 0) is 31.9 Å². The van der Waals surface area contributed by atoms with E-state index in [4.69, 9.17) is 5.11 Å². The Labute approximate surface area is 88.3 Å². The molecule has 0 amide bonds. The number of hydrogen-bond acceptors (Lipinski definition) is 2. The maximum Gasteiger partial charge on any atom is 0.316 e. The lowest BCUT2D eigenvalue weighted by atomic mass is 10.2. The van der Waals surface area contributed by atoms with Crippen LogP contribution in [0.25, 0.3) is 0 Å². The van der Waals surface area contributed by atoms with Crippen molar-refractivity contribution in [2.24, 2.45) is 0 Å². The third-order valence-electron chi connectivity index (χ3n) is 2.05. The first-order valence-corrected chi connectivity index (χ1v) is 5.36. The Morgan fingerprint density at radius 3 is 2.29 bits per heavy atom. The minimum Gasteiger partial charge on any atom is -0.480 e. The molecule has 1 N–H and O–H groups in total. The molecule has 0 saturated heterocycles. The molecule has 0 radical (unpaired) electrons. The first-order valence-electron chi connectivity index (χ1n) is 4.48. The highest BCUT2D eigenvalue weighted by atomic mass is 32.2. The molecule has 2 nitrogen and oxygen atoms in total. The number of aliphatic carboxylic acids is 1. The Kier molecular flexibility index (Phi) is 3.58. The minimum absolute atomic E-state index is 0.394. The number of aryl methyl sites for hydroxylation is 2. The zero-order valence-electron chi connectivity index (χ0n) is 8.57. The van der Waals surface area contributed by atoms with Gasteiger partial charge in [-0.25, -0.2) is 0 Å². The van der Waals surface area contributed by atoms with E-state index in [1.54, 1.807) is 6.92 Å². The first kappa shape index (κ1) is 11.1. The summed E-state index contributed by atoms with van der Waals surface area (Å²) in [7, 11) is 0. The summed E-state index contributed by atoms with van der Waals surface area (Å²) in [5, 5.41) is 8.41. The Morgan fingerprint density at radius 1 is 1.36 bits per heavy atom. The second-order valence-corrected chi connectivity index (χ2v) is 4.67. The molecule has 76 valence electrons. The Bertz CT molecular complexity index is 327. The number of carboxylic acids is 1. The summed E-state index contributed by atoms with van der Waals surface area (Å²) < 4.78 is 0. The van der Waals surface area contributed by atoms with E-state index in [2.05, 4.69) is 0 Å². The fourth-order valence-corrected chi connectivity index (χ4v) is 2.17. The van der Waals surface area contributed by atoms with Crippen molar-refractivity contribution in [3.05, 3.63) is 29.3 Å². The summed E-state index contributed by atoms with van der Waals surface area (Å²) in [4.78, 5) is 11.8. The molecule has 0 bridgehead atoms. The Hall–Kier alpha value is -0.960. The van der Waals surface area contributed by atoms with E-state index in [0.29, 0.717) is 0 Å². The summed E-state index contributed by atoms with van der Waals surface area (Å²) in [6, 6.07) is 5.99. The lowest BCUT2D eigenvalue weighted by molar-refractivity contribution is -0.136.